The van der Waals surface area contributed by atoms with E-state index in [1.54, 1.807) is 36.4 Å². The molecule has 0 aliphatic heterocycles. The second kappa shape index (κ2) is 9.12. The molecule has 0 atom stereocenters. The lowest BCUT2D eigenvalue weighted by molar-refractivity contribution is -0.384. The zero-order chi connectivity index (χ0) is 21.7. The molecule has 9 heteroatoms. The Labute approximate surface area is 173 Å². The van der Waals surface area contributed by atoms with E-state index in [9.17, 15) is 10.1 Å². The van der Waals surface area contributed by atoms with Gasteiger partial charge in [-0.3, -0.25) is 20.1 Å². The molecule has 0 saturated heterocycles. The monoisotopic (exact) mass is 407 g/mol. The summed E-state index contributed by atoms with van der Waals surface area (Å²) in [5.41, 5.74) is 4.92. The molecule has 1 heterocycles. The first-order chi connectivity index (χ1) is 14.4. The Bertz CT molecular complexity index is 1100. The van der Waals surface area contributed by atoms with Gasteiger partial charge in [0.25, 0.3) is 5.69 Å². The predicted molar refractivity (Wildman–Crippen MR) is 115 cm³/mol. The molecule has 0 spiro atoms. The molecule has 0 bridgehead atoms. The summed E-state index contributed by atoms with van der Waals surface area (Å²) in [5.74, 6) is 5.36. The highest BCUT2D eigenvalue weighted by Crippen LogP contribution is 2.22. The van der Waals surface area contributed by atoms with Crippen molar-refractivity contribution in [1.82, 2.24) is 4.57 Å². The van der Waals surface area contributed by atoms with Gasteiger partial charge >= 0.3 is 0 Å². The number of nitrogens with zero attached hydrogens (tertiary/aromatic N) is 4. The van der Waals surface area contributed by atoms with Gasteiger partial charge in [-0.25, -0.2) is 0 Å². The smallest absolute Gasteiger partial charge is 0.269 e. The van der Waals surface area contributed by atoms with Crippen LogP contribution >= 0.6 is 0 Å². The lowest BCUT2D eigenvalue weighted by Crippen LogP contribution is -2.09. The number of nitrogens with two attached hydrogens (primary N) is 1. The molecule has 2 aromatic carbocycles. The van der Waals surface area contributed by atoms with Crippen LogP contribution in [0.4, 0.5) is 17.1 Å². The highest BCUT2D eigenvalue weighted by Gasteiger charge is 2.11. The predicted octanol–water partition coefficient (Wildman–Crippen LogP) is 4.40. The van der Waals surface area contributed by atoms with Crippen molar-refractivity contribution in [1.29, 1.82) is 0 Å². The maximum absolute atomic E-state index is 10.8. The van der Waals surface area contributed by atoms with Gasteiger partial charge in [-0.05, 0) is 62.4 Å². The van der Waals surface area contributed by atoms with Crippen LogP contribution in [0.2, 0.25) is 0 Å². The molecule has 0 fully saturated rings. The summed E-state index contributed by atoms with van der Waals surface area (Å²) in [6, 6.07) is 17.1. The number of non-ortho nitro benzene ring substituents is 1. The molecule has 154 valence electrons. The van der Waals surface area contributed by atoms with Gasteiger partial charge in [-0.15, -0.1) is 0 Å². The van der Waals surface area contributed by atoms with Crippen LogP contribution < -0.4 is 10.8 Å². The second-order valence-electron chi connectivity index (χ2n) is 6.50. The maximum Gasteiger partial charge on any atom is 0.269 e. The third-order valence-corrected chi connectivity index (χ3v) is 4.50. The highest BCUT2D eigenvalue weighted by atomic mass is 17.3. The molecule has 0 saturated carbocycles. The van der Waals surface area contributed by atoms with E-state index in [2.05, 4.69) is 15.0 Å². The molecular weight excluding hydrogens is 386 g/mol. The van der Waals surface area contributed by atoms with Gasteiger partial charge in [0.05, 0.1) is 39.1 Å². The first-order valence-electron chi connectivity index (χ1n) is 9.04. The van der Waals surface area contributed by atoms with Crippen LogP contribution in [0.25, 0.3) is 0 Å². The summed E-state index contributed by atoms with van der Waals surface area (Å²) in [5, 5.41) is 10.8. The van der Waals surface area contributed by atoms with Crippen LogP contribution in [0.5, 0.6) is 5.75 Å². The number of nitro groups is 1. The number of benzene rings is 2. The van der Waals surface area contributed by atoms with E-state index in [0.717, 1.165) is 28.5 Å². The molecule has 0 amide bonds. The van der Waals surface area contributed by atoms with Crippen LogP contribution in [-0.2, 0) is 12.0 Å². The summed E-state index contributed by atoms with van der Waals surface area (Å²) in [4.78, 5) is 28.4. The average Bonchev–Trinajstić information content (AvgIpc) is 3.11. The SMILES string of the molecule is CC(=Nc1ccc(OON)cc1)c1ccc(C(C)=Nc2ccc([N+](=O)[O-])cc2)n1C. The van der Waals surface area contributed by atoms with Crippen molar-refractivity contribution in [2.45, 2.75) is 13.8 Å². The van der Waals surface area contributed by atoms with Crippen LogP contribution in [0.15, 0.2) is 70.6 Å². The highest BCUT2D eigenvalue weighted by molar-refractivity contribution is 6.03. The molecule has 0 aliphatic carbocycles. The zero-order valence-corrected chi connectivity index (χ0v) is 16.8. The fourth-order valence-corrected chi connectivity index (χ4v) is 3.02. The summed E-state index contributed by atoms with van der Waals surface area (Å²) in [6.07, 6.45) is 0. The Morgan fingerprint density at radius 3 is 1.80 bits per heavy atom. The summed E-state index contributed by atoms with van der Waals surface area (Å²) in [6.45, 7) is 3.82. The number of rotatable bonds is 7. The molecule has 0 unspecified atom stereocenters. The van der Waals surface area contributed by atoms with Crippen molar-refractivity contribution in [2.75, 3.05) is 0 Å². The van der Waals surface area contributed by atoms with Gasteiger partial charge < -0.3 is 9.45 Å². The molecule has 9 nitrogen and oxygen atoms in total. The number of nitro benzene ring substituents is 1. The van der Waals surface area contributed by atoms with E-state index in [1.165, 1.54) is 12.1 Å². The Morgan fingerprint density at radius 2 is 1.37 bits per heavy atom. The third-order valence-electron chi connectivity index (χ3n) is 4.50. The van der Waals surface area contributed by atoms with Crippen LogP contribution in [0.1, 0.15) is 25.2 Å². The molecule has 3 rings (SSSR count). The van der Waals surface area contributed by atoms with Gasteiger partial charge in [-0.2, -0.15) is 5.90 Å². The number of hydrogen-bond acceptors (Lipinski definition) is 7. The van der Waals surface area contributed by atoms with Crippen molar-refractivity contribution in [3.05, 3.63) is 82.2 Å². The van der Waals surface area contributed by atoms with Crippen molar-refractivity contribution < 1.29 is 14.8 Å². The standard InChI is InChI=1S/C21H21N5O4/c1-14(23-16-4-8-18(9-5-16)26(27)28)20-12-13-21(25(20)3)15(2)24-17-6-10-19(11-7-17)29-30-22/h4-13H,22H2,1-3H3. The fraction of sp³-hybridized carbons (Fsp3) is 0.143. The summed E-state index contributed by atoms with van der Waals surface area (Å²) in [7, 11) is 1.94. The minimum absolute atomic E-state index is 0.0368. The Hall–Kier alpha value is -3.82. The minimum atomic E-state index is -0.432. The number of aliphatic imine (C=N–C) groups is 2. The molecule has 2 N–H and O–H groups in total. The number of hydrogen-bond donors (Lipinski definition) is 1. The molecule has 0 radical (unpaired) electrons. The Balaban J connectivity index is 1.82. The largest absolute Gasteiger partial charge is 0.342 e. The van der Waals surface area contributed by atoms with Crippen molar-refractivity contribution in [3.63, 3.8) is 0 Å². The third kappa shape index (κ3) is 4.77. The molecule has 1 aromatic heterocycles. The van der Waals surface area contributed by atoms with Gasteiger partial charge in [-0.1, -0.05) is 4.99 Å². The van der Waals surface area contributed by atoms with Crippen molar-refractivity contribution in [3.8, 4) is 5.75 Å². The molecule has 30 heavy (non-hydrogen) atoms. The normalized spacial score (nSPS) is 12.1. The van der Waals surface area contributed by atoms with E-state index >= 15 is 0 Å². The molecule has 0 aliphatic rings. The van der Waals surface area contributed by atoms with Crippen molar-refractivity contribution in [2.24, 2.45) is 22.9 Å². The quantitative estimate of drug-likeness (QED) is 0.270. The fourth-order valence-electron chi connectivity index (χ4n) is 3.02. The van der Waals surface area contributed by atoms with E-state index in [4.69, 9.17) is 10.8 Å². The second-order valence-corrected chi connectivity index (χ2v) is 6.50. The average molecular weight is 407 g/mol. The van der Waals surface area contributed by atoms with Gasteiger partial charge in [0.2, 0.25) is 0 Å². The van der Waals surface area contributed by atoms with E-state index in [0.29, 0.717) is 11.4 Å². The maximum atomic E-state index is 10.8. The minimum Gasteiger partial charge on any atom is -0.342 e. The zero-order valence-electron chi connectivity index (χ0n) is 16.8. The molecular formula is C21H21N5O4. The van der Waals surface area contributed by atoms with Gasteiger partial charge in [0.15, 0.2) is 5.75 Å². The lowest BCUT2D eigenvalue weighted by atomic mass is 10.2. The van der Waals surface area contributed by atoms with Crippen LogP contribution in [0, 0.1) is 10.1 Å². The molecule has 3 aromatic rings. The van der Waals surface area contributed by atoms with Gasteiger partial charge in [0.1, 0.15) is 0 Å². The Kier molecular flexibility index (Phi) is 6.35. The summed E-state index contributed by atoms with van der Waals surface area (Å²) >= 11 is 0. The first kappa shape index (κ1) is 20.9. The number of aromatic nitrogens is 1. The van der Waals surface area contributed by atoms with Crippen LogP contribution in [0.3, 0.4) is 0 Å². The first-order valence-corrected chi connectivity index (χ1v) is 9.04. The van der Waals surface area contributed by atoms with E-state index < -0.39 is 4.92 Å². The van der Waals surface area contributed by atoms with Gasteiger partial charge in [0, 0.05) is 19.2 Å². The van der Waals surface area contributed by atoms with Crippen molar-refractivity contribution >= 4 is 28.5 Å². The Morgan fingerprint density at radius 1 is 0.900 bits per heavy atom. The van der Waals surface area contributed by atoms with E-state index in [1.807, 2.05) is 37.6 Å². The van der Waals surface area contributed by atoms with E-state index in [-0.39, 0.29) is 5.69 Å². The topological polar surface area (TPSA) is 117 Å². The lowest BCUT2D eigenvalue weighted by Gasteiger charge is -2.08. The van der Waals surface area contributed by atoms with Crippen LogP contribution in [-0.4, -0.2) is 20.9 Å². The summed E-state index contributed by atoms with van der Waals surface area (Å²) < 4.78 is 2.00.